The highest BCUT2D eigenvalue weighted by molar-refractivity contribution is 5.93. The standard InChI is InChI=1S/C26H26F2N2O3/c1-16(2)26-29-23(17-3-7-19(27)8-4-17)15-24(18-5-9-20(28)10-6-18)30(26)12-11-22-13-21(31)14-25(32)33-22/h3-12,15-16,21-22,24,31H,13-14H2,1-2H3/b12-11+/t21-,22-,24?/m1/s1. The molecule has 4 rings (SSSR count). The van der Waals surface area contributed by atoms with Crippen molar-refractivity contribution in [1.82, 2.24) is 4.90 Å². The first-order valence-electron chi connectivity index (χ1n) is 11.0. The Hall–Kier alpha value is -3.32. The summed E-state index contributed by atoms with van der Waals surface area (Å²) < 4.78 is 32.4. The largest absolute Gasteiger partial charge is 0.458 e. The van der Waals surface area contributed by atoms with Crippen LogP contribution in [0.4, 0.5) is 8.78 Å². The molecule has 0 aromatic heterocycles. The third kappa shape index (κ3) is 5.37. The Balaban J connectivity index is 1.74. The Morgan fingerprint density at radius 3 is 2.33 bits per heavy atom. The number of rotatable bonds is 5. The van der Waals surface area contributed by atoms with Crippen molar-refractivity contribution >= 4 is 17.5 Å². The molecule has 1 saturated heterocycles. The zero-order chi connectivity index (χ0) is 23.5. The molecule has 2 heterocycles. The van der Waals surface area contributed by atoms with Crippen LogP contribution >= 0.6 is 0 Å². The first-order valence-corrected chi connectivity index (χ1v) is 11.0. The van der Waals surface area contributed by atoms with Gasteiger partial charge in [-0.2, -0.15) is 0 Å². The molecule has 3 atom stereocenters. The van der Waals surface area contributed by atoms with Crippen LogP contribution in [0.3, 0.4) is 0 Å². The van der Waals surface area contributed by atoms with Crippen molar-refractivity contribution < 1.29 is 23.4 Å². The van der Waals surface area contributed by atoms with Gasteiger partial charge in [0.15, 0.2) is 0 Å². The van der Waals surface area contributed by atoms with E-state index in [1.165, 1.54) is 24.3 Å². The summed E-state index contributed by atoms with van der Waals surface area (Å²) in [6.45, 7) is 4.03. The summed E-state index contributed by atoms with van der Waals surface area (Å²) >= 11 is 0. The SMILES string of the molecule is CC(C)C1=NC(c2ccc(F)cc2)=CC(c2ccc(F)cc2)N1/C=C/[C@@H]1C[C@@H](O)CC(=O)O1. The Morgan fingerprint density at radius 2 is 1.73 bits per heavy atom. The molecule has 1 fully saturated rings. The van der Waals surface area contributed by atoms with Crippen LogP contribution in [0.2, 0.25) is 0 Å². The molecule has 33 heavy (non-hydrogen) atoms. The van der Waals surface area contributed by atoms with Crippen molar-refractivity contribution in [3.63, 3.8) is 0 Å². The topological polar surface area (TPSA) is 62.1 Å². The van der Waals surface area contributed by atoms with Gasteiger partial charge in [0.05, 0.1) is 24.3 Å². The predicted octanol–water partition coefficient (Wildman–Crippen LogP) is 5.00. The Kier molecular flexibility index (Phi) is 6.70. The van der Waals surface area contributed by atoms with Gasteiger partial charge < -0.3 is 14.7 Å². The number of aliphatic hydroxyl groups is 1. The zero-order valence-corrected chi connectivity index (χ0v) is 18.5. The van der Waals surface area contributed by atoms with Gasteiger partial charge in [0.1, 0.15) is 23.6 Å². The normalized spacial score (nSPS) is 23.5. The second kappa shape index (κ2) is 9.67. The number of aliphatic imine (C=N–C) groups is 1. The molecule has 2 aliphatic heterocycles. The molecule has 1 unspecified atom stereocenters. The number of cyclic esters (lactones) is 1. The number of aliphatic hydroxyl groups excluding tert-OH is 1. The lowest BCUT2D eigenvalue weighted by Crippen LogP contribution is -2.36. The molecule has 2 aromatic carbocycles. The Labute approximate surface area is 191 Å². The van der Waals surface area contributed by atoms with Crippen LogP contribution in [0.25, 0.3) is 5.70 Å². The number of carbonyl (C=O) groups excluding carboxylic acids is 1. The maximum Gasteiger partial charge on any atom is 0.309 e. The van der Waals surface area contributed by atoms with E-state index in [2.05, 4.69) is 0 Å². The first kappa shape index (κ1) is 22.9. The lowest BCUT2D eigenvalue weighted by atomic mass is 9.97. The lowest BCUT2D eigenvalue weighted by Gasteiger charge is -2.36. The van der Waals surface area contributed by atoms with Gasteiger partial charge in [-0.15, -0.1) is 0 Å². The highest BCUT2D eigenvalue weighted by atomic mass is 19.1. The molecule has 0 saturated carbocycles. The van der Waals surface area contributed by atoms with Crippen molar-refractivity contribution in [3.8, 4) is 0 Å². The maximum atomic E-state index is 13.6. The van der Waals surface area contributed by atoms with Gasteiger partial charge in [0.2, 0.25) is 0 Å². The average Bonchev–Trinajstić information content (AvgIpc) is 2.77. The van der Waals surface area contributed by atoms with Crippen molar-refractivity contribution in [1.29, 1.82) is 0 Å². The van der Waals surface area contributed by atoms with Gasteiger partial charge in [-0.25, -0.2) is 13.8 Å². The summed E-state index contributed by atoms with van der Waals surface area (Å²) in [6.07, 6.45) is 4.52. The van der Waals surface area contributed by atoms with E-state index in [1.54, 1.807) is 36.5 Å². The number of esters is 1. The van der Waals surface area contributed by atoms with Crippen molar-refractivity contribution in [2.24, 2.45) is 10.9 Å². The second-order valence-corrected chi connectivity index (χ2v) is 8.55. The number of benzene rings is 2. The third-order valence-corrected chi connectivity index (χ3v) is 5.63. The van der Waals surface area contributed by atoms with E-state index in [0.29, 0.717) is 12.1 Å². The van der Waals surface area contributed by atoms with Crippen LogP contribution in [0, 0.1) is 17.6 Å². The van der Waals surface area contributed by atoms with Crippen molar-refractivity contribution in [2.75, 3.05) is 0 Å². The zero-order valence-electron chi connectivity index (χ0n) is 18.5. The molecule has 0 radical (unpaired) electrons. The van der Waals surface area contributed by atoms with E-state index in [1.807, 2.05) is 24.8 Å². The molecular formula is C26H26F2N2O3. The van der Waals surface area contributed by atoms with Gasteiger partial charge in [-0.1, -0.05) is 26.0 Å². The quantitative estimate of drug-likeness (QED) is 0.649. The number of hydrogen-bond donors (Lipinski definition) is 1. The fourth-order valence-corrected chi connectivity index (χ4v) is 4.00. The van der Waals surface area contributed by atoms with E-state index in [0.717, 1.165) is 17.0 Å². The summed E-state index contributed by atoms with van der Waals surface area (Å²) in [6, 6.07) is 12.1. The third-order valence-electron chi connectivity index (χ3n) is 5.63. The van der Waals surface area contributed by atoms with Crippen molar-refractivity contribution in [3.05, 3.63) is 89.6 Å². The minimum atomic E-state index is -0.738. The van der Waals surface area contributed by atoms with E-state index in [4.69, 9.17) is 9.73 Å². The molecule has 0 bridgehead atoms. The molecule has 0 amide bonds. The average molecular weight is 453 g/mol. The van der Waals surface area contributed by atoms with Crippen LogP contribution < -0.4 is 0 Å². The Morgan fingerprint density at radius 1 is 1.09 bits per heavy atom. The minimum Gasteiger partial charge on any atom is -0.458 e. The highest BCUT2D eigenvalue weighted by Crippen LogP contribution is 2.35. The maximum absolute atomic E-state index is 13.6. The summed E-state index contributed by atoms with van der Waals surface area (Å²) in [7, 11) is 0. The summed E-state index contributed by atoms with van der Waals surface area (Å²) in [5.74, 6) is -0.313. The molecule has 7 heteroatoms. The van der Waals surface area contributed by atoms with E-state index in [9.17, 15) is 18.7 Å². The van der Waals surface area contributed by atoms with Gasteiger partial charge in [-0.3, -0.25) is 4.79 Å². The fraction of sp³-hybridized carbons (Fsp3) is 0.308. The smallest absolute Gasteiger partial charge is 0.309 e. The fourth-order valence-electron chi connectivity index (χ4n) is 4.00. The molecule has 5 nitrogen and oxygen atoms in total. The van der Waals surface area contributed by atoms with Crippen LogP contribution in [0.5, 0.6) is 0 Å². The highest BCUT2D eigenvalue weighted by Gasteiger charge is 2.29. The molecule has 1 N–H and O–H groups in total. The second-order valence-electron chi connectivity index (χ2n) is 8.55. The van der Waals surface area contributed by atoms with Crippen LogP contribution in [0.1, 0.15) is 43.9 Å². The monoisotopic (exact) mass is 452 g/mol. The lowest BCUT2D eigenvalue weighted by molar-refractivity contribution is -0.156. The number of carbonyl (C=O) groups is 1. The van der Waals surface area contributed by atoms with Gasteiger partial charge in [0.25, 0.3) is 0 Å². The molecule has 2 aromatic rings. The predicted molar refractivity (Wildman–Crippen MR) is 122 cm³/mol. The number of hydrogen-bond acceptors (Lipinski definition) is 5. The molecule has 0 aliphatic carbocycles. The van der Waals surface area contributed by atoms with Gasteiger partial charge in [0, 0.05) is 24.1 Å². The minimum absolute atomic E-state index is 0.00523. The molecule has 2 aliphatic rings. The van der Waals surface area contributed by atoms with Crippen LogP contribution in [0.15, 0.2) is 71.9 Å². The summed E-state index contributed by atoms with van der Waals surface area (Å²) in [5, 5.41) is 9.92. The van der Waals surface area contributed by atoms with Crippen LogP contribution in [-0.4, -0.2) is 34.0 Å². The number of amidine groups is 1. The molecular weight excluding hydrogens is 426 g/mol. The summed E-state index contributed by atoms with van der Waals surface area (Å²) in [4.78, 5) is 18.5. The van der Waals surface area contributed by atoms with Gasteiger partial charge in [-0.05, 0) is 54.1 Å². The van der Waals surface area contributed by atoms with E-state index >= 15 is 0 Å². The number of nitrogens with zero attached hydrogens (tertiary/aromatic N) is 2. The summed E-state index contributed by atoms with van der Waals surface area (Å²) in [5.41, 5.74) is 2.31. The molecule has 172 valence electrons. The number of halogens is 2. The first-order chi connectivity index (χ1) is 15.8. The van der Waals surface area contributed by atoms with Crippen LogP contribution in [-0.2, 0) is 9.53 Å². The number of ether oxygens (including phenoxy) is 1. The van der Waals surface area contributed by atoms with E-state index < -0.39 is 18.2 Å². The van der Waals surface area contributed by atoms with E-state index in [-0.39, 0.29) is 30.0 Å². The van der Waals surface area contributed by atoms with Crippen molar-refractivity contribution in [2.45, 2.75) is 44.9 Å². The van der Waals surface area contributed by atoms with Gasteiger partial charge >= 0.3 is 5.97 Å². The Bertz CT molecular complexity index is 1090. The molecule has 0 spiro atoms.